The molecule has 1 aliphatic rings. The standard InChI is InChI=1S/C8H13NO2/c1-9-4-3-7(6-9)5-8(10)11-2/h5H,3-4,6H2,1-2H3. The van der Waals surface area contributed by atoms with E-state index in [-0.39, 0.29) is 5.97 Å². The summed E-state index contributed by atoms with van der Waals surface area (Å²) in [4.78, 5) is 12.9. The smallest absolute Gasteiger partial charge is 0.330 e. The number of ether oxygens (including phenoxy) is 1. The van der Waals surface area contributed by atoms with Crippen LogP contribution in [-0.4, -0.2) is 38.1 Å². The summed E-state index contributed by atoms with van der Waals surface area (Å²) in [6, 6.07) is 0. The van der Waals surface area contributed by atoms with Crippen molar-refractivity contribution in [3.63, 3.8) is 0 Å². The first-order chi connectivity index (χ1) is 5.22. The summed E-state index contributed by atoms with van der Waals surface area (Å²) < 4.78 is 4.51. The first-order valence-corrected chi connectivity index (χ1v) is 3.68. The third-order valence-corrected chi connectivity index (χ3v) is 1.81. The predicted octanol–water partition coefficient (Wildman–Crippen LogP) is 0.421. The van der Waals surface area contributed by atoms with Gasteiger partial charge in [-0.2, -0.15) is 0 Å². The summed E-state index contributed by atoms with van der Waals surface area (Å²) in [6.07, 6.45) is 2.58. The topological polar surface area (TPSA) is 29.5 Å². The van der Waals surface area contributed by atoms with Gasteiger partial charge in [0.05, 0.1) is 7.11 Å². The zero-order valence-corrected chi connectivity index (χ0v) is 6.96. The Kier molecular flexibility index (Phi) is 2.65. The maximum absolute atomic E-state index is 10.8. The second kappa shape index (κ2) is 3.53. The van der Waals surface area contributed by atoms with Crippen LogP contribution in [0.1, 0.15) is 6.42 Å². The molecule has 1 heterocycles. The van der Waals surface area contributed by atoms with Crippen molar-refractivity contribution in [3.05, 3.63) is 11.6 Å². The van der Waals surface area contributed by atoms with Gasteiger partial charge in [-0.3, -0.25) is 0 Å². The molecule has 0 spiro atoms. The lowest BCUT2D eigenvalue weighted by molar-refractivity contribution is -0.134. The molecule has 0 bridgehead atoms. The molecule has 0 N–H and O–H groups in total. The molecule has 0 aromatic heterocycles. The lowest BCUT2D eigenvalue weighted by Gasteiger charge is -2.02. The van der Waals surface area contributed by atoms with E-state index >= 15 is 0 Å². The Bertz CT molecular complexity index is 187. The van der Waals surface area contributed by atoms with Crippen LogP contribution in [0.2, 0.25) is 0 Å². The molecule has 0 aromatic carbocycles. The van der Waals surface area contributed by atoms with Crippen LogP contribution in [0.3, 0.4) is 0 Å². The van der Waals surface area contributed by atoms with Gasteiger partial charge in [-0.25, -0.2) is 4.79 Å². The van der Waals surface area contributed by atoms with Crippen LogP contribution in [0.25, 0.3) is 0 Å². The number of hydrogen-bond donors (Lipinski definition) is 0. The van der Waals surface area contributed by atoms with Crippen molar-refractivity contribution in [2.24, 2.45) is 0 Å². The van der Waals surface area contributed by atoms with E-state index in [4.69, 9.17) is 0 Å². The SMILES string of the molecule is COC(=O)C=C1CCN(C)C1. The largest absolute Gasteiger partial charge is 0.466 e. The molecular formula is C8H13NO2. The molecule has 0 aliphatic carbocycles. The van der Waals surface area contributed by atoms with E-state index in [1.54, 1.807) is 6.08 Å². The number of nitrogens with zero attached hydrogens (tertiary/aromatic N) is 1. The molecule has 0 aromatic rings. The van der Waals surface area contributed by atoms with Crippen LogP contribution in [0.5, 0.6) is 0 Å². The second-order valence-electron chi connectivity index (χ2n) is 2.81. The van der Waals surface area contributed by atoms with E-state index < -0.39 is 0 Å². The molecule has 0 radical (unpaired) electrons. The fourth-order valence-electron chi connectivity index (χ4n) is 1.18. The van der Waals surface area contributed by atoms with Crippen molar-refractivity contribution in [1.29, 1.82) is 0 Å². The average Bonchev–Trinajstić information content (AvgIpc) is 2.35. The number of esters is 1. The third kappa shape index (κ3) is 2.35. The van der Waals surface area contributed by atoms with Gasteiger partial charge in [0.1, 0.15) is 0 Å². The van der Waals surface area contributed by atoms with Gasteiger partial charge in [0.25, 0.3) is 0 Å². The lowest BCUT2D eigenvalue weighted by atomic mass is 10.2. The monoisotopic (exact) mass is 155 g/mol. The summed E-state index contributed by atoms with van der Waals surface area (Å²) in [6.45, 7) is 1.94. The molecule has 0 amide bonds. The van der Waals surface area contributed by atoms with Crippen LogP contribution in [0.4, 0.5) is 0 Å². The number of hydrogen-bond acceptors (Lipinski definition) is 3. The van der Waals surface area contributed by atoms with E-state index in [1.165, 1.54) is 12.7 Å². The molecule has 62 valence electrons. The lowest BCUT2D eigenvalue weighted by Crippen LogP contribution is -2.11. The fourth-order valence-corrected chi connectivity index (χ4v) is 1.18. The number of methoxy groups -OCH3 is 1. The summed E-state index contributed by atoms with van der Waals surface area (Å²) in [5, 5.41) is 0. The van der Waals surface area contributed by atoms with Gasteiger partial charge in [-0.05, 0) is 19.0 Å². The number of carbonyl (C=O) groups is 1. The van der Waals surface area contributed by atoms with Crippen LogP contribution < -0.4 is 0 Å². The van der Waals surface area contributed by atoms with Crippen molar-refractivity contribution < 1.29 is 9.53 Å². The highest BCUT2D eigenvalue weighted by molar-refractivity contribution is 5.82. The Morgan fingerprint density at radius 2 is 2.45 bits per heavy atom. The van der Waals surface area contributed by atoms with Gasteiger partial charge >= 0.3 is 5.97 Å². The van der Waals surface area contributed by atoms with Crippen LogP contribution in [0.15, 0.2) is 11.6 Å². The maximum Gasteiger partial charge on any atom is 0.330 e. The minimum absolute atomic E-state index is 0.240. The van der Waals surface area contributed by atoms with E-state index in [0.29, 0.717) is 0 Å². The average molecular weight is 155 g/mol. The Balaban J connectivity index is 2.48. The molecule has 11 heavy (non-hydrogen) atoms. The molecule has 1 fully saturated rings. The van der Waals surface area contributed by atoms with Crippen LogP contribution in [0, 0.1) is 0 Å². The zero-order chi connectivity index (χ0) is 8.27. The van der Waals surface area contributed by atoms with E-state index in [0.717, 1.165) is 19.5 Å². The molecule has 1 saturated heterocycles. The quantitative estimate of drug-likeness (QED) is 0.406. The molecule has 0 atom stereocenters. The van der Waals surface area contributed by atoms with Gasteiger partial charge in [0, 0.05) is 19.2 Å². The number of likely N-dealkylation sites (tertiary alicyclic amines) is 1. The summed E-state index contributed by atoms with van der Waals surface area (Å²) >= 11 is 0. The summed E-state index contributed by atoms with van der Waals surface area (Å²) in [7, 11) is 3.44. The van der Waals surface area contributed by atoms with Gasteiger partial charge in [0.15, 0.2) is 0 Å². The first kappa shape index (κ1) is 8.27. The predicted molar refractivity (Wildman–Crippen MR) is 42.2 cm³/mol. The van der Waals surface area contributed by atoms with Gasteiger partial charge in [0.2, 0.25) is 0 Å². The minimum Gasteiger partial charge on any atom is -0.466 e. The van der Waals surface area contributed by atoms with Crippen LogP contribution >= 0.6 is 0 Å². The highest BCUT2D eigenvalue weighted by atomic mass is 16.5. The van der Waals surface area contributed by atoms with Crippen molar-refractivity contribution in [2.45, 2.75) is 6.42 Å². The Labute approximate surface area is 66.6 Å². The zero-order valence-electron chi connectivity index (χ0n) is 6.96. The first-order valence-electron chi connectivity index (χ1n) is 3.68. The van der Waals surface area contributed by atoms with Gasteiger partial charge < -0.3 is 9.64 Å². The molecule has 0 unspecified atom stereocenters. The summed E-state index contributed by atoms with van der Waals surface area (Å²) in [5.74, 6) is -0.240. The molecule has 3 heteroatoms. The fraction of sp³-hybridized carbons (Fsp3) is 0.625. The number of likely N-dealkylation sites (N-methyl/N-ethyl adjacent to an activating group) is 1. The second-order valence-corrected chi connectivity index (χ2v) is 2.81. The highest BCUT2D eigenvalue weighted by Crippen LogP contribution is 2.12. The molecule has 3 nitrogen and oxygen atoms in total. The van der Waals surface area contributed by atoms with Gasteiger partial charge in [-0.1, -0.05) is 0 Å². The molecular weight excluding hydrogens is 142 g/mol. The van der Waals surface area contributed by atoms with Crippen molar-refractivity contribution in [3.8, 4) is 0 Å². The Hall–Kier alpha value is -0.830. The van der Waals surface area contributed by atoms with Crippen molar-refractivity contribution in [1.82, 2.24) is 4.90 Å². The summed E-state index contributed by atoms with van der Waals surface area (Å²) in [5.41, 5.74) is 1.17. The Morgan fingerprint density at radius 3 is 2.91 bits per heavy atom. The van der Waals surface area contributed by atoms with Gasteiger partial charge in [-0.15, -0.1) is 0 Å². The molecule has 0 saturated carbocycles. The number of rotatable bonds is 1. The maximum atomic E-state index is 10.8. The normalized spacial score (nSPS) is 22.5. The van der Waals surface area contributed by atoms with E-state index in [2.05, 4.69) is 9.64 Å². The van der Waals surface area contributed by atoms with Crippen molar-refractivity contribution in [2.75, 3.05) is 27.2 Å². The number of carbonyl (C=O) groups excluding carboxylic acids is 1. The molecule has 1 rings (SSSR count). The third-order valence-electron chi connectivity index (χ3n) is 1.81. The minimum atomic E-state index is -0.240. The van der Waals surface area contributed by atoms with E-state index in [9.17, 15) is 4.79 Å². The van der Waals surface area contributed by atoms with Crippen molar-refractivity contribution >= 4 is 5.97 Å². The van der Waals surface area contributed by atoms with Crippen LogP contribution in [-0.2, 0) is 9.53 Å². The van der Waals surface area contributed by atoms with E-state index in [1.807, 2.05) is 7.05 Å². The Morgan fingerprint density at radius 1 is 1.73 bits per heavy atom. The highest BCUT2D eigenvalue weighted by Gasteiger charge is 2.12. The molecule has 1 aliphatic heterocycles.